The molecule has 1 fully saturated rings. The van der Waals surface area contributed by atoms with Crippen LogP contribution in [0.5, 0.6) is 5.75 Å². The van der Waals surface area contributed by atoms with Gasteiger partial charge >= 0.3 is 0 Å². The fourth-order valence-electron chi connectivity index (χ4n) is 2.37. The number of anilines is 1. The van der Waals surface area contributed by atoms with Crippen molar-refractivity contribution in [2.75, 3.05) is 5.32 Å². The largest absolute Gasteiger partial charge is 0.506 e. The summed E-state index contributed by atoms with van der Waals surface area (Å²) in [7, 11) is 0. The van der Waals surface area contributed by atoms with Crippen molar-refractivity contribution in [3.05, 3.63) is 29.4 Å². The number of aromatic nitrogens is 1. The van der Waals surface area contributed by atoms with Crippen LogP contribution in [0.2, 0.25) is 0 Å². The molecule has 1 saturated carbocycles. The zero-order valence-electron chi connectivity index (χ0n) is 12.9. The maximum absolute atomic E-state index is 10.1. The van der Waals surface area contributed by atoms with E-state index >= 15 is 0 Å². The van der Waals surface area contributed by atoms with Gasteiger partial charge < -0.3 is 15.7 Å². The van der Waals surface area contributed by atoms with Gasteiger partial charge in [-0.05, 0) is 31.6 Å². The molecule has 1 unspecified atom stereocenters. The summed E-state index contributed by atoms with van der Waals surface area (Å²) in [5, 5.41) is 16.9. The zero-order valence-corrected chi connectivity index (χ0v) is 12.9. The predicted molar refractivity (Wildman–Crippen MR) is 85.1 cm³/mol. The summed E-state index contributed by atoms with van der Waals surface area (Å²) in [6.45, 7) is 4.43. The van der Waals surface area contributed by atoms with Gasteiger partial charge in [-0.3, -0.25) is 4.98 Å². The first-order valence-electron chi connectivity index (χ1n) is 8.09. The van der Waals surface area contributed by atoms with Crippen LogP contribution in [-0.4, -0.2) is 16.1 Å². The molecule has 0 aliphatic heterocycles. The van der Waals surface area contributed by atoms with Gasteiger partial charge in [-0.15, -0.1) is 0 Å². The fraction of sp³-hybridized carbons (Fsp3) is 0.588. The predicted octanol–water partition coefficient (Wildman–Crippen LogP) is 3.55. The van der Waals surface area contributed by atoms with E-state index < -0.39 is 0 Å². The lowest BCUT2D eigenvalue weighted by molar-refractivity contribution is 0.453. The van der Waals surface area contributed by atoms with E-state index in [9.17, 15) is 5.11 Å². The Morgan fingerprint density at radius 2 is 2.19 bits per heavy atom. The molecule has 0 radical (unpaired) electrons. The monoisotopic (exact) mass is 287 g/mol. The second kappa shape index (κ2) is 5.96. The summed E-state index contributed by atoms with van der Waals surface area (Å²) >= 11 is 0. The zero-order chi connectivity index (χ0) is 14.8. The third-order valence-electron chi connectivity index (χ3n) is 4.36. The molecule has 2 aliphatic rings. The molecule has 0 bridgehead atoms. The van der Waals surface area contributed by atoms with Crippen LogP contribution in [-0.2, 0) is 6.42 Å². The minimum Gasteiger partial charge on any atom is -0.506 e. The van der Waals surface area contributed by atoms with Crippen molar-refractivity contribution < 1.29 is 5.11 Å². The van der Waals surface area contributed by atoms with E-state index in [1.807, 2.05) is 6.20 Å². The molecule has 0 saturated heterocycles. The van der Waals surface area contributed by atoms with Crippen molar-refractivity contribution >= 4 is 5.69 Å². The molecular weight excluding hydrogens is 262 g/mol. The quantitative estimate of drug-likeness (QED) is 0.684. The minimum absolute atomic E-state index is 0.307. The van der Waals surface area contributed by atoms with Crippen LogP contribution >= 0.6 is 0 Å². The lowest BCUT2D eigenvalue weighted by Crippen LogP contribution is -2.09. The highest BCUT2D eigenvalue weighted by atomic mass is 16.3. The van der Waals surface area contributed by atoms with Crippen molar-refractivity contribution in [1.29, 1.82) is 0 Å². The van der Waals surface area contributed by atoms with E-state index in [4.69, 9.17) is 0 Å². The second-order valence-corrected chi connectivity index (χ2v) is 6.42. The number of allylic oxidation sites excluding steroid dienone is 2. The molecule has 1 atom stereocenters. The Labute approximate surface area is 126 Å². The van der Waals surface area contributed by atoms with Crippen LogP contribution in [0, 0.1) is 5.92 Å². The SMILES string of the molecule is CCC(C)CCc1ncc(NC2=C(NC3CC3)C2)cc1O. The van der Waals surface area contributed by atoms with Crippen molar-refractivity contribution in [3.8, 4) is 5.75 Å². The van der Waals surface area contributed by atoms with Gasteiger partial charge in [-0.1, -0.05) is 20.3 Å². The molecule has 3 N–H and O–H groups in total. The average molecular weight is 287 g/mol. The highest BCUT2D eigenvalue weighted by Crippen LogP contribution is 2.34. The molecule has 0 amide bonds. The van der Waals surface area contributed by atoms with Crippen molar-refractivity contribution in [1.82, 2.24) is 10.3 Å². The third kappa shape index (κ3) is 3.90. The van der Waals surface area contributed by atoms with Crippen LogP contribution in [0.1, 0.15) is 51.6 Å². The van der Waals surface area contributed by atoms with E-state index in [1.165, 1.54) is 30.7 Å². The van der Waals surface area contributed by atoms with Gasteiger partial charge in [-0.25, -0.2) is 0 Å². The van der Waals surface area contributed by atoms with E-state index in [0.29, 0.717) is 17.7 Å². The van der Waals surface area contributed by atoms with E-state index in [2.05, 4.69) is 29.5 Å². The molecule has 1 heterocycles. The Morgan fingerprint density at radius 1 is 1.38 bits per heavy atom. The molecule has 1 aromatic heterocycles. The first-order valence-corrected chi connectivity index (χ1v) is 8.09. The molecule has 4 nitrogen and oxygen atoms in total. The van der Waals surface area contributed by atoms with Crippen molar-refractivity contribution in [3.63, 3.8) is 0 Å². The molecule has 0 aromatic carbocycles. The minimum atomic E-state index is 0.307. The van der Waals surface area contributed by atoms with Gasteiger partial charge in [-0.2, -0.15) is 0 Å². The molecule has 21 heavy (non-hydrogen) atoms. The summed E-state index contributed by atoms with van der Waals surface area (Å²) in [6, 6.07) is 2.49. The maximum atomic E-state index is 10.1. The summed E-state index contributed by atoms with van der Waals surface area (Å²) in [6.07, 6.45) is 8.51. The van der Waals surface area contributed by atoms with Gasteiger partial charge in [0.25, 0.3) is 0 Å². The number of aromatic hydroxyl groups is 1. The lowest BCUT2D eigenvalue weighted by Gasteiger charge is -2.10. The van der Waals surface area contributed by atoms with Crippen LogP contribution in [0.4, 0.5) is 5.69 Å². The molecule has 4 heteroatoms. The number of pyridine rings is 1. The average Bonchev–Trinajstić information content (AvgIpc) is 3.38. The third-order valence-corrected chi connectivity index (χ3v) is 4.36. The Balaban J connectivity index is 1.55. The topological polar surface area (TPSA) is 57.2 Å². The first kappa shape index (κ1) is 14.2. The second-order valence-electron chi connectivity index (χ2n) is 6.42. The van der Waals surface area contributed by atoms with Crippen LogP contribution < -0.4 is 10.6 Å². The van der Waals surface area contributed by atoms with Gasteiger partial charge in [0.15, 0.2) is 0 Å². The summed E-state index contributed by atoms with van der Waals surface area (Å²) in [4.78, 5) is 4.41. The van der Waals surface area contributed by atoms with Gasteiger partial charge in [0, 0.05) is 29.9 Å². The van der Waals surface area contributed by atoms with E-state index in [0.717, 1.165) is 30.6 Å². The molecular formula is C17H25N3O. The van der Waals surface area contributed by atoms with E-state index in [1.54, 1.807) is 6.07 Å². The standard InChI is InChI=1S/C17H25N3O/c1-3-11(2)4-7-14-17(21)8-13(10-18-14)20-16-9-15(16)19-12-5-6-12/h8,10-12,19-21H,3-7,9H2,1-2H3. The number of aryl methyl sites for hydroxylation is 1. The highest BCUT2D eigenvalue weighted by molar-refractivity contribution is 5.56. The Hall–Kier alpha value is -1.71. The van der Waals surface area contributed by atoms with Gasteiger partial charge in [0.1, 0.15) is 5.75 Å². The van der Waals surface area contributed by atoms with Crippen molar-refractivity contribution in [2.45, 2.75) is 58.4 Å². The summed E-state index contributed by atoms with van der Waals surface area (Å²) in [5.74, 6) is 0.984. The number of hydrogen-bond acceptors (Lipinski definition) is 4. The van der Waals surface area contributed by atoms with E-state index in [-0.39, 0.29) is 0 Å². The normalized spacial score (nSPS) is 18.6. The number of nitrogens with zero attached hydrogens (tertiary/aromatic N) is 1. The van der Waals surface area contributed by atoms with Crippen LogP contribution in [0.25, 0.3) is 0 Å². The number of nitrogens with one attached hydrogen (secondary N) is 2. The lowest BCUT2D eigenvalue weighted by atomic mass is 10.0. The summed E-state index contributed by atoms with van der Waals surface area (Å²) in [5.41, 5.74) is 4.23. The van der Waals surface area contributed by atoms with Crippen LogP contribution in [0.15, 0.2) is 23.7 Å². The first-order chi connectivity index (χ1) is 10.2. The smallest absolute Gasteiger partial charge is 0.139 e. The molecule has 2 aliphatic carbocycles. The Kier molecular flexibility index (Phi) is 4.04. The molecule has 114 valence electrons. The van der Waals surface area contributed by atoms with Gasteiger partial charge in [0.05, 0.1) is 17.6 Å². The Bertz CT molecular complexity index is 549. The maximum Gasteiger partial charge on any atom is 0.139 e. The fourth-order valence-corrected chi connectivity index (χ4v) is 2.37. The molecule has 3 rings (SSSR count). The van der Waals surface area contributed by atoms with Gasteiger partial charge in [0.2, 0.25) is 0 Å². The molecule has 0 spiro atoms. The summed E-state index contributed by atoms with van der Waals surface area (Å²) < 4.78 is 0. The van der Waals surface area contributed by atoms with Crippen LogP contribution in [0.3, 0.4) is 0 Å². The number of hydrogen-bond donors (Lipinski definition) is 3. The highest BCUT2D eigenvalue weighted by Gasteiger charge is 2.29. The number of rotatable bonds is 8. The Morgan fingerprint density at radius 3 is 2.86 bits per heavy atom. The van der Waals surface area contributed by atoms with Crippen molar-refractivity contribution in [2.24, 2.45) is 5.92 Å². The molecule has 1 aromatic rings.